The van der Waals surface area contributed by atoms with Gasteiger partial charge in [-0.25, -0.2) is 4.98 Å². The smallest absolute Gasteiger partial charge is 0.287 e. The van der Waals surface area contributed by atoms with Crippen molar-refractivity contribution in [3.8, 4) is 11.3 Å². The molecule has 0 atom stereocenters. The molecule has 4 rings (SSSR count). The van der Waals surface area contributed by atoms with E-state index in [1.54, 1.807) is 0 Å². The lowest BCUT2D eigenvalue weighted by Gasteiger charge is -2.01. The zero-order valence-corrected chi connectivity index (χ0v) is 15.4. The van der Waals surface area contributed by atoms with Crippen molar-refractivity contribution in [2.75, 3.05) is 0 Å². The third kappa shape index (κ3) is 3.13. The van der Waals surface area contributed by atoms with Crippen molar-refractivity contribution in [3.05, 3.63) is 75.8 Å². The third-order valence-electron chi connectivity index (χ3n) is 4.32. The zero-order chi connectivity index (χ0) is 18.1. The Morgan fingerprint density at radius 2 is 1.96 bits per heavy atom. The lowest BCUT2D eigenvalue weighted by Crippen LogP contribution is -2.22. The molecule has 4 nitrogen and oxygen atoms in total. The van der Waals surface area contributed by atoms with Crippen LogP contribution in [0.25, 0.3) is 22.2 Å². The molecule has 0 bridgehead atoms. The van der Waals surface area contributed by atoms with Crippen LogP contribution in [-0.4, -0.2) is 10.9 Å². The molecule has 0 aliphatic heterocycles. The summed E-state index contributed by atoms with van der Waals surface area (Å²) in [5, 5.41) is 6.75. The molecule has 0 radical (unpaired) electrons. The monoisotopic (exact) mass is 362 g/mol. The van der Waals surface area contributed by atoms with Gasteiger partial charge in [-0.05, 0) is 25.5 Å². The summed E-state index contributed by atoms with van der Waals surface area (Å²) < 4.78 is 5.78. The van der Waals surface area contributed by atoms with E-state index in [1.165, 1.54) is 11.3 Å². The van der Waals surface area contributed by atoms with Gasteiger partial charge in [-0.3, -0.25) is 4.79 Å². The first-order valence-corrected chi connectivity index (χ1v) is 9.27. The highest BCUT2D eigenvalue weighted by atomic mass is 32.1. The van der Waals surface area contributed by atoms with Gasteiger partial charge in [0.05, 0.1) is 12.2 Å². The average molecular weight is 362 g/mol. The van der Waals surface area contributed by atoms with E-state index < -0.39 is 0 Å². The SMILES string of the molecule is Cc1ccc2c(C)c(C(=O)NCc3nc(-c4ccccc4)cs3)oc2c1. The third-order valence-corrected chi connectivity index (χ3v) is 5.17. The van der Waals surface area contributed by atoms with Crippen LogP contribution in [0.3, 0.4) is 0 Å². The van der Waals surface area contributed by atoms with Gasteiger partial charge >= 0.3 is 0 Å². The Hall–Kier alpha value is -2.92. The van der Waals surface area contributed by atoms with Gasteiger partial charge in [0.25, 0.3) is 5.91 Å². The summed E-state index contributed by atoms with van der Waals surface area (Å²) in [4.78, 5) is 17.1. The second kappa shape index (κ2) is 6.77. The summed E-state index contributed by atoms with van der Waals surface area (Å²) in [6.45, 7) is 4.29. The Morgan fingerprint density at radius 3 is 2.77 bits per heavy atom. The normalized spacial score (nSPS) is 11.0. The van der Waals surface area contributed by atoms with E-state index in [2.05, 4.69) is 10.3 Å². The van der Waals surface area contributed by atoms with E-state index in [9.17, 15) is 4.79 Å². The number of hydrogen-bond acceptors (Lipinski definition) is 4. The molecule has 2 heterocycles. The second-order valence-electron chi connectivity index (χ2n) is 6.23. The minimum atomic E-state index is -0.215. The number of nitrogens with zero attached hydrogens (tertiary/aromatic N) is 1. The van der Waals surface area contributed by atoms with Gasteiger partial charge in [0.15, 0.2) is 5.76 Å². The van der Waals surface area contributed by atoms with Crippen LogP contribution in [0.2, 0.25) is 0 Å². The fourth-order valence-electron chi connectivity index (χ4n) is 2.92. The first kappa shape index (κ1) is 16.5. The maximum atomic E-state index is 12.5. The average Bonchev–Trinajstić information content (AvgIpc) is 3.25. The Balaban J connectivity index is 1.49. The lowest BCUT2D eigenvalue weighted by atomic mass is 10.1. The van der Waals surface area contributed by atoms with E-state index in [0.29, 0.717) is 12.3 Å². The fourth-order valence-corrected chi connectivity index (χ4v) is 3.66. The molecule has 0 spiro atoms. The number of amides is 1. The van der Waals surface area contributed by atoms with Crippen LogP contribution in [0.4, 0.5) is 0 Å². The first-order valence-electron chi connectivity index (χ1n) is 8.39. The quantitative estimate of drug-likeness (QED) is 0.549. The van der Waals surface area contributed by atoms with Gasteiger partial charge in [-0.1, -0.05) is 42.5 Å². The van der Waals surface area contributed by atoms with E-state index >= 15 is 0 Å². The number of fused-ring (bicyclic) bond motifs is 1. The number of nitrogens with one attached hydrogen (secondary N) is 1. The number of furan rings is 1. The van der Waals surface area contributed by atoms with Crippen LogP contribution in [0.15, 0.2) is 58.3 Å². The molecule has 0 saturated carbocycles. The van der Waals surface area contributed by atoms with Gasteiger partial charge in [0, 0.05) is 21.9 Å². The van der Waals surface area contributed by atoms with Crippen molar-refractivity contribution in [2.45, 2.75) is 20.4 Å². The molecule has 1 N–H and O–H groups in total. The molecule has 4 aromatic rings. The summed E-state index contributed by atoms with van der Waals surface area (Å²) in [6.07, 6.45) is 0. The molecule has 130 valence electrons. The Labute approximate surface area is 155 Å². The lowest BCUT2D eigenvalue weighted by molar-refractivity contribution is 0.0924. The maximum Gasteiger partial charge on any atom is 0.287 e. The highest BCUT2D eigenvalue weighted by Crippen LogP contribution is 2.26. The Morgan fingerprint density at radius 1 is 1.15 bits per heavy atom. The van der Waals surface area contributed by atoms with Crippen LogP contribution >= 0.6 is 11.3 Å². The molecule has 2 aromatic heterocycles. The molecule has 2 aromatic carbocycles. The second-order valence-corrected chi connectivity index (χ2v) is 7.17. The molecule has 26 heavy (non-hydrogen) atoms. The van der Waals surface area contributed by atoms with Gasteiger partial charge < -0.3 is 9.73 Å². The van der Waals surface area contributed by atoms with Crippen LogP contribution in [-0.2, 0) is 6.54 Å². The highest BCUT2D eigenvalue weighted by Gasteiger charge is 2.18. The summed E-state index contributed by atoms with van der Waals surface area (Å²) in [7, 11) is 0. The number of rotatable bonds is 4. The van der Waals surface area contributed by atoms with E-state index in [1.807, 2.05) is 67.8 Å². The van der Waals surface area contributed by atoms with Crippen molar-refractivity contribution < 1.29 is 9.21 Å². The predicted molar refractivity (Wildman–Crippen MR) is 104 cm³/mol. The Bertz CT molecular complexity index is 1080. The van der Waals surface area contributed by atoms with Crippen molar-refractivity contribution in [1.82, 2.24) is 10.3 Å². The maximum absolute atomic E-state index is 12.5. The van der Waals surface area contributed by atoms with Gasteiger partial charge in [-0.2, -0.15) is 0 Å². The number of aryl methyl sites for hydroxylation is 2. The summed E-state index contributed by atoms with van der Waals surface area (Å²) in [6, 6.07) is 16.0. The largest absolute Gasteiger partial charge is 0.451 e. The summed E-state index contributed by atoms with van der Waals surface area (Å²) in [5.41, 5.74) is 4.71. The number of carbonyl (C=O) groups is 1. The van der Waals surface area contributed by atoms with Crippen molar-refractivity contribution in [1.29, 1.82) is 0 Å². The summed E-state index contributed by atoms with van der Waals surface area (Å²) >= 11 is 1.54. The van der Waals surface area contributed by atoms with E-state index in [-0.39, 0.29) is 5.91 Å². The molecule has 0 unspecified atom stereocenters. The number of carbonyl (C=O) groups excluding carboxylic acids is 1. The number of hydrogen-bond donors (Lipinski definition) is 1. The van der Waals surface area contributed by atoms with E-state index in [0.717, 1.165) is 38.4 Å². The fraction of sp³-hybridized carbons (Fsp3) is 0.143. The van der Waals surface area contributed by atoms with Crippen molar-refractivity contribution >= 4 is 28.2 Å². The predicted octanol–water partition coefficient (Wildman–Crippen LogP) is 5.10. The molecular weight excluding hydrogens is 344 g/mol. The topological polar surface area (TPSA) is 55.1 Å². The standard InChI is InChI=1S/C21H18N2O2S/c1-13-8-9-16-14(2)20(25-18(16)10-13)21(24)22-11-19-23-17(12-26-19)15-6-4-3-5-7-15/h3-10,12H,11H2,1-2H3,(H,22,24). The molecule has 0 aliphatic rings. The molecule has 0 fully saturated rings. The summed E-state index contributed by atoms with van der Waals surface area (Å²) in [5.74, 6) is 0.151. The molecule has 5 heteroatoms. The van der Waals surface area contributed by atoms with Crippen LogP contribution in [0.1, 0.15) is 26.7 Å². The minimum Gasteiger partial charge on any atom is -0.451 e. The number of thiazole rings is 1. The van der Waals surface area contributed by atoms with Crippen LogP contribution in [0, 0.1) is 13.8 Å². The van der Waals surface area contributed by atoms with E-state index in [4.69, 9.17) is 4.42 Å². The van der Waals surface area contributed by atoms with Gasteiger partial charge in [0.1, 0.15) is 10.6 Å². The van der Waals surface area contributed by atoms with Crippen LogP contribution in [0.5, 0.6) is 0 Å². The molecule has 1 amide bonds. The van der Waals surface area contributed by atoms with Gasteiger partial charge in [-0.15, -0.1) is 11.3 Å². The molecular formula is C21H18N2O2S. The minimum absolute atomic E-state index is 0.215. The highest BCUT2D eigenvalue weighted by molar-refractivity contribution is 7.09. The van der Waals surface area contributed by atoms with Gasteiger partial charge in [0.2, 0.25) is 0 Å². The molecule has 0 saturated heterocycles. The number of benzene rings is 2. The number of aromatic nitrogens is 1. The van der Waals surface area contributed by atoms with Crippen molar-refractivity contribution in [3.63, 3.8) is 0 Å². The van der Waals surface area contributed by atoms with Crippen molar-refractivity contribution in [2.24, 2.45) is 0 Å². The Kier molecular flexibility index (Phi) is 4.31. The molecule has 0 aliphatic carbocycles. The zero-order valence-electron chi connectivity index (χ0n) is 14.6. The first-order chi connectivity index (χ1) is 12.6. The van der Waals surface area contributed by atoms with Crippen LogP contribution < -0.4 is 5.32 Å².